The van der Waals surface area contributed by atoms with Crippen LogP contribution in [0.3, 0.4) is 0 Å². The van der Waals surface area contributed by atoms with Crippen LogP contribution in [0.25, 0.3) is 0 Å². The summed E-state index contributed by atoms with van der Waals surface area (Å²) in [6.07, 6.45) is 0. The third-order valence-electron chi connectivity index (χ3n) is 4.94. The Balaban J connectivity index is 1.74. The molecule has 2 aromatic carbocycles. The van der Waals surface area contributed by atoms with Crippen LogP contribution in [0.2, 0.25) is 0 Å². The quantitative estimate of drug-likeness (QED) is 0.309. The largest absolute Gasteiger partial charge is 0.450 e. The van der Waals surface area contributed by atoms with Gasteiger partial charge in [0.1, 0.15) is 0 Å². The van der Waals surface area contributed by atoms with Crippen LogP contribution in [0.1, 0.15) is 52.7 Å². The number of aromatic nitrogens is 3. The molecule has 0 aliphatic carbocycles. The standard InChI is InChI=1S/C27H35N3O3S2/c1-26(2,3)21(34-17-19-13-9-7-10-14-19)32-24-28-23(31)29-25(30-24)33-22(27(4,5)6)35-18-20-15-11-8-12-16-20/h7-16,21-22H,17-18H2,1-6H3,(H,28,29,30,31). The fourth-order valence-electron chi connectivity index (χ4n) is 3.07. The van der Waals surface area contributed by atoms with E-state index in [-0.39, 0.29) is 33.7 Å². The van der Waals surface area contributed by atoms with Gasteiger partial charge in [-0.25, -0.2) is 4.79 Å². The van der Waals surface area contributed by atoms with E-state index in [1.165, 1.54) is 11.1 Å². The lowest BCUT2D eigenvalue weighted by molar-refractivity contribution is 0.134. The Kier molecular flexibility index (Phi) is 9.30. The number of hydrogen-bond donors (Lipinski definition) is 1. The lowest BCUT2D eigenvalue weighted by Gasteiger charge is -2.31. The molecular weight excluding hydrogens is 478 g/mol. The molecule has 0 aliphatic heterocycles. The molecule has 0 saturated carbocycles. The van der Waals surface area contributed by atoms with Crippen molar-refractivity contribution in [3.8, 4) is 12.0 Å². The topological polar surface area (TPSA) is 77.1 Å². The number of rotatable bonds is 10. The molecule has 1 aromatic heterocycles. The SMILES string of the molecule is CC(C)(C)C(Oc1nc(OC(SCc2ccccc2)C(C)(C)C)[nH]c(=O)n1)SCc1ccccc1. The van der Waals surface area contributed by atoms with Crippen molar-refractivity contribution >= 4 is 23.5 Å². The summed E-state index contributed by atoms with van der Waals surface area (Å²) in [6.45, 7) is 12.6. The van der Waals surface area contributed by atoms with Crippen molar-refractivity contribution in [1.29, 1.82) is 0 Å². The number of nitrogens with zero attached hydrogens (tertiary/aromatic N) is 2. The van der Waals surface area contributed by atoms with Crippen LogP contribution in [0.4, 0.5) is 0 Å². The predicted molar refractivity (Wildman–Crippen MR) is 146 cm³/mol. The van der Waals surface area contributed by atoms with Crippen LogP contribution in [0.15, 0.2) is 65.5 Å². The number of H-pyrrole nitrogens is 1. The average molecular weight is 514 g/mol. The lowest BCUT2D eigenvalue weighted by atomic mass is 9.98. The second-order valence-corrected chi connectivity index (χ2v) is 12.6. The van der Waals surface area contributed by atoms with Gasteiger partial charge in [-0.3, -0.25) is 4.98 Å². The van der Waals surface area contributed by atoms with E-state index in [0.29, 0.717) is 0 Å². The van der Waals surface area contributed by atoms with Crippen molar-refractivity contribution in [2.24, 2.45) is 10.8 Å². The first kappa shape index (κ1) is 27.1. The average Bonchev–Trinajstić information content (AvgIpc) is 2.79. The predicted octanol–water partition coefficient (Wildman–Crippen LogP) is 6.53. The van der Waals surface area contributed by atoms with Gasteiger partial charge in [-0.1, -0.05) is 102 Å². The molecule has 3 aromatic rings. The highest BCUT2D eigenvalue weighted by molar-refractivity contribution is 7.99. The molecule has 8 heteroatoms. The second-order valence-electron chi connectivity index (χ2n) is 10.5. The fourth-order valence-corrected chi connectivity index (χ4v) is 5.45. The summed E-state index contributed by atoms with van der Waals surface area (Å²) in [5.74, 6) is 1.56. The van der Waals surface area contributed by atoms with Crippen LogP contribution >= 0.6 is 23.5 Å². The first-order chi connectivity index (χ1) is 16.5. The second kappa shape index (κ2) is 12.0. The molecule has 2 unspecified atom stereocenters. The Labute approximate surface area is 216 Å². The maximum absolute atomic E-state index is 12.4. The Morgan fingerprint density at radius 1 is 0.743 bits per heavy atom. The highest BCUT2D eigenvalue weighted by Gasteiger charge is 2.30. The van der Waals surface area contributed by atoms with Gasteiger partial charge in [-0.05, 0) is 11.1 Å². The summed E-state index contributed by atoms with van der Waals surface area (Å²) in [7, 11) is 0. The number of benzene rings is 2. The monoisotopic (exact) mass is 513 g/mol. The van der Waals surface area contributed by atoms with E-state index in [1.54, 1.807) is 23.5 Å². The molecule has 0 bridgehead atoms. The third kappa shape index (κ3) is 8.93. The van der Waals surface area contributed by atoms with Crippen molar-refractivity contribution in [3.05, 3.63) is 82.3 Å². The summed E-state index contributed by atoms with van der Waals surface area (Å²) in [5.41, 5.74) is 0.962. The first-order valence-corrected chi connectivity index (χ1v) is 13.7. The van der Waals surface area contributed by atoms with Crippen molar-refractivity contribution in [1.82, 2.24) is 15.0 Å². The zero-order chi connectivity index (χ0) is 25.5. The Bertz CT molecular complexity index is 1030. The van der Waals surface area contributed by atoms with E-state index in [9.17, 15) is 4.79 Å². The highest BCUT2D eigenvalue weighted by atomic mass is 32.2. The minimum atomic E-state index is -0.550. The molecule has 0 amide bonds. The van der Waals surface area contributed by atoms with E-state index >= 15 is 0 Å². The maximum Gasteiger partial charge on any atom is 0.353 e. The van der Waals surface area contributed by atoms with Crippen molar-refractivity contribution in [2.45, 2.75) is 63.9 Å². The molecule has 1 heterocycles. The molecule has 188 valence electrons. The molecular formula is C27H35N3O3S2. The van der Waals surface area contributed by atoms with E-state index in [1.807, 2.05) is 36.4 Å². The summed E-state index contributed by atoms with van der Waals surface area (Å²) >= 11 is 3.32. The third-order valence-corrected chi connectivity index (χ3v) is 8.15. The molecule has 0 radical (unpaired) electrons. The van der Waals surface area contributed by atoms with E-state index in [4.69, 9.17) is 9.47 Å². The molecule has 0 aliphatic rings. The van der Waals surface area contributed by atoms with Crippen molar-refractivity contribution in [3.63, 3.8) is 0 Å². The first-order valence-electron chi connectivity index (χ1n) is 11.6. The Hall–Kier alpha value is -2.45. The van der Waals surface area contributed by atoms with Gasteiger partial charge in [-0.2, -0.15) is 0 Å². The molecule has 3 rings (SSSR count). The summed E-state index contributed by atoms with van der Waals surface area (Å²) < 4.78 is 12.3. The molecule has 0 spiro atoms. The molecule has 0 saturated heterocycles. The van der Waals surface area contributed by atoms with Gasteiger partial charge in [-0.15, -0.1) is 33.5 Å². The molecule has 35 heavy (non-hydrogen) atoms. The van der Waals surface area contributed by atoms with E-state index in [0.717, 1.165) is 11.5 Å². The van der Waals surface area contributed by atoms with Crippen LogP contribution < -0.4 is 15.2 Å². The number of aromatic amines is 1. The van der Waals surface area contributed by atoms with Gasteiger partial charge in [0.05, 0.1) is 0 Å². The molecule has 6 nitrogen and oxygen atoms in total. The smallest absolute Gasteiger partial charge is 0.353 e. The Morgan fingerprint density at radius 2 is 1.20 bits per heavy atom. The van der Waals surface area contributed by atoms with Gasteiger partial charge in [0.2, 0.25) is 0 Å². The lowest BCUT2D eigenvalue weighted by Crippen LogP contribution is -2.32. The van der Waals surface area contributed by atoms with Crippen molar-refractivity contribution in [2.75, 3.05) is 0 Å². The Morgan fingerprint density at radius 3 is 1.66 bits per heavy atom. The van der Waals surface area contributed by atoms with Gasteiger partial charge in [0.25, 0.3) is 0 Å². The van der Waals surface area contributed by atoms with Crippen molar-refractivity contribution < 1.29 is 9.47 Å². The van der Waals surface area contributed by atoms with E-state index < -0.39 is 5.69 Å². The number of ether oxygens (including phenoxy) is 2. The molecule has 1 N–H and O–H groups in total. The maximum atomic E-state index is 12.4. The van der Waals surface area contributed by atoms with Gasteiger partial charge in [0.15, 0.2) is 10.9 Å². The summed E-state index contributed by atoms with van der Waals surface area (Å²) in [6, 6.07) is 20.6. The van der Waals surface area contributed by atoms with Crippen LogP contribution in [-0.4, -0.2) is 25.8 Å². The number of thioether (sulfide) groups is 2. The molecule has 0 fully saturated rings. The normalized spacial score (nSPS) is 13.8. The summed E-state index contributed by atoms with van der Waals surface area (Å²) in [5, 5.41) is 0. The van der Waals surface area contributed by atoms with Crippen LogP contribution in [0, 0.1) is 10.8 Å². The van der Waals surface area contributed by atoms with Gasteiger partial charge < -0.3 is 9.47 Å². The number of nitrogens with one attached hydrogen (secondary N) is 1. The minimum absolute atomic E-state index is 0.0185. The molecule has 2 atom stereocenters. The zero-order valence-electron chi connectivity index (χ0n) is 21.3. The van der Waals surface area contributed by atoms with E-state index in [2.05, 4.69) is 80.8 Å². The van der Waals surface area contributed by atoms with Gasteiger partial charge >= 0.3 is 17.7 Å². The van der Waals surface area contributed by atoms with Crippen LogP contribution in [-0.2, 0) is 11.5 Å². The fraction of sp³-hybridized carbons (Fsp3) is 0.444. The van der Waals surface area contributed by atoms with Crippen LogP contribution in [0.5, 0.6) is 12.0 Å². The summed E-state index contributed by atoms with van der Waals surface area (Å²) in [4.78, 5) is 23.3. The number of hydrogen-bond acceptors (Lipinski definition) is 7. The highest BCUT2D eigenvalue weighted by Crippen LogP contribution is 2.35. The minimum Gasteiger partial charge on any atom is -0.450 e. The van der Waals surface area contributed by atoms with Gasteiger partial charge in [0, 0.05) is 22.3 Å². The zero-order valence-corrected chi connectivity index (χ0v) is 22.9.